The highest BCUT2D eigenvalue weighted by atomic mass is 16.2. The number of rotatable bonds is 8. The average molecular weight is 328 g/mol. The van der Waals surface area contributed by atoms with E-state index < -0.39 is 6.04 Å². The molecule has 1 atom stereocenters. The molecule has 0 unspecified atom stereocenters. The summed E-state index contributed by atoms with van der Waals surface area (Å²) in [6, 6.07) is 9.35. The molecule has 0 aromatic heterocycles. The van der Waals surface area contributed by atoms with Crippen molar-refractivity contribution < 1.29 is 9.59 Å². The second kappa shape index (κ2) is 9.26. The van der Waals surface area contributed by atoms with E-state index in [9.17, 15) is 9.59 Å². The molecule has 1 heterocycles. The zero-order chi connectivity index (χ0) is 17.4. The first-order valence-electron chi connectivity index (χ1n) is 8.95. The van der Waals surface area contributed by atoms with Gasteiger partial charge in [-0.2, -0.15) is 0 Å². The van der Waals surface area contributed by atoms with Crippen molar-refractivity contribution in [2.75, 3.05) is 7.05 Å². The molecule has 4 heteroatoms. The van der Waals surface area contributed by atoms with Crippen molar-refractivity contribution in [2.24, 2.45) is 0 Å². The van der Waals surface area contributed by atoms with Crippen molar-refractivity contribution >= 4 is 11.8 Å². The van der Waals surface area contributed by atoms with Gasteiger partial charge >= 0.3 is 0 Å². The predicted molar refractivity (Wildman–Crippen MR) is 96.3 cm³/mol. The Kier molecular flexibility index (Phi) is 7.04. The SMILES string of the molecule is CCCCCCC/C=C1\NC(=O)[C@H](Cc2ccccc2)N(C)C1=O. The number of carbonyl (C=O) groups excluding carboxylic acids is 2. The fourth-order valence-electron chi connectivity index (χ4n) is 2.98. The number of unbranched alkanes of at least 4 members (excludes halogenated alkanes) is 5. The van der Waals surface area contributed by atoms with E-state index in [-0.39, 0.29) is 11.8 Å². The Morgan fingerprint density at radius 3 is 2.50 bits per heavy atom. The van der Waals surface area contributed by atoms with Gasteiger partial charge in [0.1, 0.15) is 11.7 Å². The van der Waals surface area contributed by atoms with Gasteiger partial charge in [-0.3, -0.25) is 9.59 Å². The topological polar surface area (TPSA) is 49.4 Å². The van der Waals surface area contributed by atoms with Crippen LogP contribution in [0.25, 0.3) is 0 Å². The number of hydrogen-bond acceptors (Lipinski definition) is 2. The second-order valence-corrected chi connectivity index (χ2v) is 6.43. The number of carbonyl (C=O) groups is 2. The van der Waals surface area contributed by atoms with E-state index in [0.717, 1.165) is 18.4 Å². The number of nitrogens with one attached hydrogen (secondary N) is 1. The summed E-state index contributed by atoms with van der Waals surface area (Å²) < 4.78 is 0. The molecule has 0 spiro atoms. The van der Waals surface area contributed by atoms with Crippen LogP contribution in [0.4, 0.5) is 0 Å². The van der Waals surface area contributed by atoms with Gasteiger partial charge in [0, 0.05) is 13.5 Å². The summed E-state index contributed by atoms with van der Waals surface area (Å²) in [5.41, 5.74) is 1.49. The van der Waals surface area contributed by atoms with Crippen LogP contribution in [0.5, 0.6) is 0 Å². The third kappa shape index (κ3) is 4.95. The van der Waals surface area contributed by atoms with Crippen molar-refractivity contribution in [3.8, 4) is 0 Å². The fourth-order valence-corrected chi connectivity index (χ4v) is 2.98. The molecule has 2 amide bonds. The van der Waals surface area contributed by atoms with Crippen LogP contribution in [0.15, 0.2) is 42.1 Å². The average Bonchev–Trinajstić information content (AvgIpc) is 2.60. The minimum absolute atomic E-state index is 0.0934. The molecule has 130 valence electrons. The summed E-state index contributed by atoms with van der Waals surface area (Å²) in [6.07, 6.45) is 9.21. The van der Waals surface area contributed by atoms with Crippen molar-refractivity contribution in [3.05, 3.63) is 47.7 Å². The molecule has 0 aliphatic carbocycles. The highest BCUT2D eigenvalue weighted by Crippen LogP contribution is 2.16. The summed E-state index contributed by atoms with van der Waals surface area (Å²) in [5.74, 6) is -0.192. The molecule has 2 rings (SSSR count). The van der Waals surface area contributed by atoms with Gasteiger partial charge in [-0.05, 0) is 18.4 Å². The molecule has 1 aliphatic heterocycles. The van der Waals surface area contributed by atoms with Crippen molar-refractivity contribution in [3.63, 3.8) is 0 Å². The number of benzene rings is 1. The maximum absolute atomic E-state index is 12.5. The van der Waals surface area contributed by atoms with Crippen LogP contribution in [0, 0.1) is 0 Å². The van der Waals surface area contributed by atoms with Gasteiger partial charge in [0.05, 0.1) is 0 Å². The Hall–Kier alpha value is -2.10. The van der Waals surface area contributed by atoms with Gasteiger partial charge < -0.3 is 10.2 Å². The summed E-state index contributed by atoms with van der Waals surface area (Å²) in [6.45, 7) is 2.19. The van der Waals surface area contributed by atoms with Gasteiger partial charge in [0.2, 0.25) is 5.91 Å². The third-order valence-corrected chi connectivity index (χ3v) is 4.51. The van der Waals surface area contributed by atoms with E-state index in [4.69, 9.17) is 0 Å². The highest BCUT2D eigenvalue weighted by Gasteiger charge is 2.34. The number of amides is 2. The maximum atomic E-state index is 12.5. The Labute approximate surface area is 144 Å². The zero-order valence-corrected chi connectivity index (χ0v) is 14.8. The van der Waals surface area contributed by atoms with Crippen LogP contribution in [-0.4, -0.2) is 29.8 Å². The van der Waals surface area contributed by atoms with Crippen molar-refractivity contribution in [1.82, 2.24) is 10.2 Å². The van der Waals surface area contributed by atoms with Crippen LogP contribution in [0.3, 0.4) is 0 Å². The van der Waals surface area contributed by atoms with Gasteiger partial charge in [0.25, 0.3) is 5.91 Å². The molecule has 1 N–H and O–H groups in total. The van der Waals surface area contributed by atoms with Crippen molar-refractivity contribution in [2.45, 2.75) is 57.9 Å². The molecule has 4 nitrogen and oxygen atoms in total. The van der Waals surface area contributed by atoms with Crippen LogP contribution in [0.2, 0.25) is 0 Å². The summed E-state index contributed by atoms with van der Waals surface area (Å²) >= 11 is 0. The summed E-state index contributed by atoms with van der Waals surface area (Å²) in [4.78, 5) is 26.4. The minimum Gasteiger partial charge on any atom is -0.328 e. The number of nitrogens with zero attached hydrogens (tertiary/aromatic N) is 1. The molecule has 0 bridgehead atoms. The standard InChI is InChI=1S/C20H28N2O2/c1-3-4-5-6-7-11-14-17-20(24)22(2)18(19(23)21-17)15-16-12-9-8-10-13-16/h8-10,12-14,18H,3-7,11,15H2,1-2H3,(H,21,23)/b17-14-/t18-/m0/s1. The molecule has 1 aromatic rings. The smallest absolute Gasteiger partial charge is 0.270 e. The van der Waals surface area contributed by atoms with E-state index in [1.807, 2.05) is 36.4 Å². The highest BCUT2D eigenvalue weighted by molar-refractivity contribution is 6.04. The van der Waals surface area contributed by atoms with Gasteiger partial charge in [-0.1, -0.05) is 69.0 Å². The lowest BCUT2D eigenvalue weighted by atomic mass is 10.0. The predicted octanol–water partition coefficient (Wildman–Crippen LogP) is 3.43. The van der Waals surface area contributed by atoms with E-state index in [1.165, 1.54) is 25.7 Å². The van der Waals surface area contributed by atoms with Gasteiger partial charge in [0.15, 0.2) is 0 Å². The largest absolute Gasteiger partial charge is 0.328 e. The molecule has 1 aliphatic rings. The lowest BCUT2D eigenvalue weighted by Crippen LogP contribution is -2.56. The maximum Gasteiger partial charge on any atom is 0.270 e. The molecular weight excluding hydrogens is 300 g/mol. The monoisotopic (exact) mass is 328 g/mol. The van der Waals surface area contributed by atoms with Crippen LogP contribution in [-0.2, 0) is 16.0 Å². The number of likely N-dealkylation sites (N-methyl/N-ethyl adjacent to an activating group) is 1. The summed E-state index contributed by atoms with van der Waals surface area (Å²) in [5, 5.41) is 2.80. The molecule has 1 saturated heterocycles. The van der Waals surface area contributed by atoms with E-state index in [1.54, 1.807) is 11.9 Å². The lowest BCUT2D eigenvalue weighted by Gasteiger charge is -2.33. The van der Waals surface area contributed by atoms with Crippen LogP contribution >= 0.6 is 0 Å². The Balaban J connectivity index is 1.91. The Morgan fingerprint density at radius 1 is 1.08 bits per heavy atom. The van der Waals surface area contributed by atoms with Gasteiger partial charge in [-0.15, -0.1) is 0 Å². The molecule has 0 radical (unpaired) electrons. The van der Waals surface area contributed by atoms with E-state index in [2.05, 4.69) is 12.2 Å². The lowest BCUT2D eigenvalue weighted by molar-refractivity contribution is -0.140. The second-order valence-electron chi connectivity index (χ2n) is 6.43. The van der Waals surface area contributed by atoms with E-state index >= 15 is 0 Å². The van der Waals surface area contributed by atoms with Gasteiger partial charge in [-0.25, -0.2) is 0 Å². The van der Waals surface area contributed by atoms with Crippen molar-refractivity contribution in [1.29, 1.82) is 0 Å². The molecule has 1 aromatic carbocycles. The summed E-state index contributed by atoms with van der Waals surface area (Å²) in [7, 11) is 1.71. The Bertz CT molecular complexity index is 581. The fraction of sp³-hybridized carbons (Fsp3) is 0.500. The van der Waals surface area contributed by atoms with Crippen LogP contribution in [0.1, 0.15) is 51.0 Å². The number of allylic oxidation sites excluding steroid dienone is 1. The minimum atomic E-state index is -0.443. The molecular formula is C20H28N2O2. The molecule has 1 fully saturated rings. The van der Waals surface area contributed by atoms with Crippen LogP contribution < -0.4 is 5.32 Å². The number of piperazine rings is 1. The third-order valence-electron chi connectivity index (χ3n) is 4.51. The van der Waals surface area contributed by atoms with E-state index in [0.29, 0.717) is 12.1 Å². The number of hydrogen-bond donors (Lipinski definition) is 1. The zero-order valence-electron chi connectivity index (χ0n) is 14.8. The first-order valence-corrected chi connectivity index (χ1v) is 8.95. The molecule has 0 saturated carbocycles. The Morgan fingerprint density at radius 2 is 1.79 bits per heavy atom. The first kappa shape index (κ1) is 18.2. The normalized spacial score (nSPS) is 19.7. The molecule has 24 heavy (non-hydrogen) atoms. The quantitative estimate of drug-likeness (QED) is 0.587. The first-order chi connectivity index (χ1) is 11.6.